The molecule has 8 heteroatoms. The van der Waals surface area contributed by atoms with Crippen molar-refractivity contribution in [3.8, 4) is 5.88 Å². The van der Waals surface area contributed by atoms with Crippen LogP contribution < -0.4 is 10.1 Å². The molecule has 0 aliphatic rings. The second kappa shape index (κ2) is 5.81. The lowest BCUT2D eigenvalue weighted by atomic mass is 10.4. The Labute approximate surface area is 112 Å². The second-order valence-corrected chi connectivity index (χ2v) is 3.81. The predicted octanol–water partition coefficient (Wildman–Crippen LogP) is 3.10. The molecule has 0 aliphatic heterocycles. The van der Waals surface area contributed by atoms with Gasteiger partial charge in [0.1, 0.15) is 12.4 Å². The summed E-state index contributed by atoms with van der Waals surface area (Å²) in [6.07, 6.45) is -3.11. The maximum Gasteiger partial charge on any atom is 0.433 e. The van der Waals surface area contributed by atoms with E-state index in [2.05, 4.69) is 15.3 Å². The largest absolute Gasteiger partial charge is 0.469 e. The molecule has 0 radical (unpaired) electrons. The molecule has 0 fully saturated rings. The van der Waals surface area contributed by atoms with E-state index in [4.69, 9.17) is 9.15 Å². The maximum absolute atomic E-state index is 12.7. The lowest BCUT2D eigenvalue weighted by Gasteiger charge is -2.11. The van der Waals surface area contributed by atoms with Crippen molar-refractivity contribution in [1.29, 1.82) is 0 Å². The highest BCUT2D eigenvalue weighted by Crippen LogP contribution is 2.30. The molecule has 0 aliphatic carbocycles. The SMILES string of the molecule is CCNc1nc(OCc2ccco2)cc(C(F)(F)F)n1. The summed E-state index contributed by atoms with van der Waals surface area (Å²) in [7, 11) is 0. The summed E-state index contributed by atoms with van der Waals surface area (Å²) in [4.78, 5) is 7.24. The topological polar surface area (TPSA) is 60.2 Å². The molecule has 0 saturated carbocycles. The molecule has 0 aromatic carbocycles. The lowest BCUT2D eigenvalue weighted by molar-refractivity contribution is -0.141. The number of nitrogens with one attached hydrogen (secondary N) is 1. The number of alkyl halides is 3. The highest BCUT2D eigenvalue weighted by molar-refractivity contribution is 5.31. The van der Waals surface area contributed by atoms with Crippen LogP contribution in [0.2, 0.25) is 0 Å². The molecule has 2 aromatic heterocycles. The first-order valence-corrected chi connectivity index (χ1v) is 5.84. The number of rotatable bonds is 5. The van der Waals surface area contributed by atoms with Crippen LogP contribution in [0.15, 0.2) is 28.9 Å². The zero-order valence-corrected chi connectivity index (χ0v) is 10.6. The molecule has 2 heterocycles. The van der Waals surface area contributed by atoms with Gasteiger partial charge in [-0.3, -0.25) is 0 Å². The van der Waals surface area contributed by atoms with Crippen LogP contribution in [0.25, 0.3) is 0 Å². The second-order valence-electron chi connectivity index (χ2n) is 3.81. The molecule has 0 amide bonds. The minimum atomic E-state index is -4.56. The van der Waals surface area contributed by atoms with E-state index in [0.717, 1.165) is 6.07 Å². The Hall–Kier alpha value is -2.25. The number of hydrogen-bond donors (Lipinski definition) is 1. The van der Waals surface area contributed by atoms with E-state index in [1.54, 1.807) is 19.1 Å². The molecule has 2 aromatic rings. The van der Waals surface area contributed by atoms with E-state index in [9.17, 15) is 13.2 Å². The van der Waals surface area contributed by atoms with Crippen molar-refractivity contribution < 1.29 is 22.3 Å². The van der Waals surface area contributed by atoms with Gasteiger partial charge < -0.3 is 14.5 Å². The van der Waals surface area contributed by atoms with Crippen LogP contribution in [0.3, 0.4) is 0 Å². The zero-order chi connectivity index (χ0) is 14.6. The van der Waals surface area contributed by atoms with Crippen molar-refractivity contribution in [2.45, 2.75) is 19.7 Å². The lowest BCUT2D eigenvalue weighted by Crippen LogP contribution is -2.13. The maximum atomic E-state index is 12.7. The molecule has 2 rings (SSSR count). The van der Waals surface area contributed by atoms with Crippen LogP contribution in [0, 0.1) is 0 Å². The third-order valence-electron chi connectivity index (χ3n) is 2.27. The number of nitrogens with zero attached hydrogens (tertiary/aromatic N) is 2. The van der Waals surface area contributed by atoms with Gasteiger partial charge in [-0.25, -0.2) is 4.98 Å². The first kappa shape index (κ1) is 14.2. The molecular formula is C12H12F3N3O2. The third-order valence-corrected chi connectivity index (χ3v) is 2.27. The predicted molar refractivity (Wildman–Crippen MR) is 64.2 cm³/mol. The van der Waals surface area contributed by atoms with Gasteiger partial charge in [0.15, 0.2) is 5.69 Å². The average Bonchev–Trinajstić information content (AvgIpc) is 2.88. The molecule has 108 valence electrons. The average molecular weight is 287 g/mol. The molecule has 1 N–H and O–H groups in total. The molecule has 0 atom stereocenters. The number of ether oxygens (including phenoxy) is 1. The van der Waals surface area contributed by atoms with Crippen molar-refractivity contribution in [1.82, 2.24) is 9.97 Å². The Bertz CT molecular complexity index is 556. The van der Waals surface area contributed by atoms with Crippen LogP contribution in [-0.4, -0.2) is 16.5 Å². The summed E-state index contributed by atoms with van der Waals surface area (Å²) in [5.41, 5.74) is -1.06. The van der Waals surface area contributed by atoms with E-state index in [1.807, 2.05) is 0 Å². The minimum absolute atomic E-state index is 0.00707. The number of halogens is 3. The number of anilines is 1. The molecule has 0 unspecified atom stereocenters. The van der Waals surface area contributed by atoms with Crippen LogP contribution in [0.4, 0.5) is 19.1 Å². The molecule has 0 spiro atoms. The summed E-state index contributed by atoms with van der Waals surface area (Å²) in [5.74, 6) is 0.193. The van der Waals surface area contributed by atoms with Crippen molar-refractivity contribution in [3.63, 3.8) is 0 Å². The summed E-state index contributed by atoms with van der Waals surface area (Å²) < 4.78 is 48.3. The van der Waals surface area contributed by atoms with E-state index < -0.39 is 11.9 Å². The summed E-state index contributed by atoms with van der Waals surface area (Å²) in [6.45, 7) is 2.12. The molecule has 5 nitrogen and oxygen atoms in total. The zero-order valence-electron chi connectivity index (χ0n) is 10.6. The smallest absolute Gasteiger partial charge is 0.433 e. The summed E-state index contributed by atoms with van der Waals surface area (Å²) >= 11 is 0. The van der Waals surface area contributed by atoms with Crippen molar-refractivity contribution in [3.05, 3.63) is 35.9 Å². The normalized spacial score (nSPS) is 11.4. The Balaban J connectivity index is 2.20. The van der Waals surface area contributed by atoms with E-state index in [1.165, 1.54) is 6.26 Å². The molecule has 0 saturated heterocycles. The molecule has 0 bridgehead atoms. The highest BCUT2D eigenvalue weighted by Gasteiger charge is 2.34. The van der Waals surface area contributed by atoms with Gasteiger partial charge in [0, 0.05) is 12.6 Å². The summed E-state index contributed by atoms with van der Waals surface area (Å²) in [5, 5.41) is 2.63. The van der Waals surface area contributed by atoms with E-state index in [0.29, 0.717) is 12.3 Å². The first-order chi connectivity index (χ1) is 9.49. The van der Waals surface area contributed by atoms with Gasteiger partial charge in [-0.15, -0.1) is 0 Å². The molecule has 20 heavy (non-hydrogen) atoms. The van der Waals surface area contributed by atoms with E-state index >= 15 is 0 Å². The van der Waals surface area contributed by atoms with Gasteiger partial charge in [-0.2, -0.15) is 18.2 Å². The highest BCUT2D eigenvalue weighted by atomic mass is 19.4. The quantitative estimate of drug-likeness (QED) is 0.915. The molecular weight excluding hydrogens is 275 g/mol. The number of furan rings is 1. The number of hydrogen-bond acceptors (Lipinski definition) is 5. The van der Waals surface area contributed by atoms with Crippen LogP contribution >= 0.6 is 0 Å². The van der Waals surface area contributed by atoms with Crippen LogP contribution in [0.5, 0.6) is 5.88 Å². The van der Waals surface area contributed by atoms with Gasteiger partial charge in [0.25, 0.3) is 0 Å². The van der Waals surface area contributed by atoms with Gasteiger partial charge in [0.05, 0.1) is 6.26 Å². The van der Waals surface area contributed by atoms with Gasteiger partial charge in [-0.05, 0) is 19.1 Å². The Morgan fingerprint density at radius 3 is 2.75 bits per heavy atom. The third kappa shape index (κ3) is 3.62. The Morgan fingerprint density at radius 1 is 1.35 bits per heavy atom. The Morgan fingerprint density at radius 2 is 2.15 bits per heavy atom. The van der Waals surface area contributed by atoms with Gasteiger partial charge in [0.2, 0.25) is 11.8 Å². The van der Waals surface area contributed by atoms with Crippen LogP contribution in [0.1, 0.15) is 18.4 Å². The summed E-state index contributed by atoms with van der Waals surface area (Å²) in [6, 6.07) is 4.06. The fourth-order valence-electron chi connectivity index (χ4n) is 1.42. The fraction of sp³-hybridized carbons (Fsp3) is 0.333. The standard InChI is InChI=1S/C12H12F3N3O2/c1-2-16-11-17-9(12(13,14)15)6-10(18-11)20-7-8-4-3-5-19-8/h3-6H,2,7H2,1H3,(H,16,17,18). The van der Waals surface area contributed by atoms with Gasteiger partial charge >= 0.3 is 6.18 Å². The monoisotopic (exact) mass is 287 g/mol. The Kier molecular flexibility index (Phi) is 4.11. The van der Waals surface area contributed by atoms with Crippen molar-refractivity contribution in [2.24, 2.45) is 0 Å². The number of aromatic nitrogens is 2. The van der Waals surface area contributed by atoms with Gasteiger partial charge in [-0.1, -0.05) is 0 Å². The van der Waals surface area contributed by atoms with E-state index in [-0.39, 0.29) is 18.4 Å². The minimum Gasteiger partial charge on any atom is -0.469 e. The first-order valence-electron chi connectivity index (χ1n) is 5.84. The van der Waals surface area contributed by atoms with Crippen molar-refractivity contribution >= 4 is 5.95 Å². The van der Waals surface area contributed by atoms with Crippen LogP contribution in [-0.2, 0) is 12.8 Å². The van der Waals surface area contributed by atoms with Crippen molar-refractivity contribution in [2.75, 3.05) is 11.9 Å². The fourth-order valence-corrected chi connectivity index (χ4v) is 1.42.